The molecule has 1 aliphatic heterocycles. The maximum Gasteiger partial charge on any atom is 0.240 e. The van der Waals surface area contributed by atoms with Crippen molar-refractivity contribution in [1.29, 1.82) is 0 Å². The van der Waals surface area contributed by atoms with Gasteiger partial charge in [0.1, 0.15) is 34.6 Å². The Kier molecular flexibility index (Phi) is 10.7. The maximum atomic E-state index is 13.0. The Bertz CT molecular complexity index is 2080. The van der Waals surface area contributed by atoms with Gasteiger partial charge in [-0.15, -0.1) is 0 Å². The van der Waals surface area contributed by atoms with Crippen LogP contribution in [0, 0.1) is 0 Å². The number of hydrogen-bond donors (Lipinski definition) is 1. The molecule has 2 aromatic rings. The van der Waals surface area contributed by atoms with Crippen molar-refractivity contribution >= 4 is 56.5 Å². The summed E-state index contributed by atoms with van der Waals surface area (Å²) in [5, 5.41) is 1.45. The molecule has 0 saturated heterocycles. The van der Waals surface area contributed by atoms with E-state index in [1.54, 1.807) is 0 Å². The van der Waals surface area contributed by atoms with Crippen LogP contribution in [0.4, 0.5) is 5.69 Å². The number of nitrogens with one attached hydrogen (secondary N) is 1. The lowest BCUT2D eigenvalue weighted by Crippen LogP contribution is -2.29. The van der Waals surface area contributed by atoms with Crippen molar-refractivity contribution < 1.29 is 34.2 Å². The summed E-state index contributed by atoms with van der Waals surface area (Å²) in [6.45, 7) is 10.9. The third-order valence-corrected chi connectivity index (χ3v) is 12.4. The van der Waals surface area contributed by atoms with Crippen LogP contribution in [0.25, 0.3) is 33.4 Å². The minimum absolute atomic E-state index is 0.0357. The third kappa shape index (κ3) is 7.89. The molecule has 45 heavy (non-hydrogen) atoms. The van der Waals surface area contributed by atoms with Crippen LogP contribution in [-0.4, -0.2) is 74.5 Å². The summed E-state index contributed by atoms with van der Waals surface area (Å²) in [4.78, 5) is 0.997. The zero-order chi connectivity index (χ0) is 33.2. The number of benzene rings is 3. The van der Waals surface area contributed by atoms with Gasteiger partial charge in [0.15, 0.2) is 8.87 Å². The quantitative estimate of drug-likeness (QED) is 0.0719. The molecule has 0 atom stereocenters. The first-order valence-electron chi connectivity index (χ1n) is 14.4. The van der Waals surface area contributed by atoms with Gasteiger partial charge in [-0.25, -0.2) is 34.6 Å². The number of anilines is 1. The van der Waals surface area contributed by atoms with E-state index in [2.05, 4.69) is 14.2 Å². The van der Waals surface area contributed by atoms with Crippen LogP contribution in [0.3, 0.4) is 0 Å². The van der Waals surface area contributed by atoms with Crippen molar-refractivity contribution in [3.8, 4) is 22.5 Å². The summed E-state index contributed by atoms with van der Waals surface area (Å²) < 4.78 is 97.8. The van der Waals surface area contributed by atoms with Crippen molar-refractivity contribution in [2.45, 2.75) is 37.5 Å². The molecule has 0 spiro atoms. The average molecular weight is 696 g/mol. The first-order chi connectivity index (χ1) is 21.1. The molecule has 2 aromatic carbocycles. The molecule has 15 heteroatoms. The molecule has 244 valence electrons. The van der Waals surface area contributed by atoms with E-state index in [0.29, 0.717) is 38.7 Å². The number of sulfonamides is 1. The molecule has 0 unspecified atom stereocenters. The summed E-state index contributed by atoms with van der Waals surface area (Å²) in [5.74, 6) is 0.411. The molecular formula is C30H37N3O8S4. The smallest absolute Gasteiger partial charge is 0.240 e. The Hall–Kier alpha value is -2.95. The molecule has 0 radical (unpaired) electrons. The average Bonchev–Trinajstić information content (AvgIpc) is 2.98. The van der Waals surface area contributed by atoms with Crippen molar-refractivity contribution in [3.63, 3.8) is 0 Å². The number of nitrogens with zero attached hydrogens (tertiary/aromatic N) is 2. The van der Waals surface area contributed by atoms with Crippen molar-refractivity contribution in [3.05, 3.63) is 60.0 Å². The number of fused-ring (bicyclic) bond motifs is 2. The van der Waals surface area contributed by atoms with Crippen LogP contribution in [0.2, 0.25) is 0 Å². The lowest BCUT2D eigenvalue weighted by molar-refractivity contribution is 0.463. The molecule has 0 fully saturated rings. The highest BCUT2D eigenvalue weighted by molar-refractivity contribution is 8.71. The normalized spacial score (nSPS) is 12.6. The minimum Gasteiger partial charge on any atom is -0.744 e. The Morgan fingerprint density at radius 1 is 0.867 bits per heavy atom. The molecule has 11 nitrogen and oxygen atoms in total. The van der Waals surface area contributed by atoms with Crippen LogP contribution >= 0.6 is 10.8 Å². The van der Waals surface area contributed by atoms with Crippen molar-refractivity contribution in [1.82, 2.24) is 9.30 Å². The summed E-state index contributed by atoms with van der Waals surface area (Å²) in [6, 6.07) is 14.6. The van der Waals surface area contributed by atoms with Gasteiger partial charge in [-0.05, 0) is 68.8 Å². The van der Waals surface area contributed by atoms with E-state index in [1.165, 1.54) is 12.1 Å². The maximum absolute atomic E-state index is 13.0. The van der Waals surface area contributed by atoms with Gasteiger partial charge in [0.05, 0.1) is 15.9 Å². The Balaban J connectivity index is 2.00. The minimum atomic E-state index is -5.18. The first-order valence-corrected chi connectivity index (χ1v) is 20.7. The van der Waals surface area contributed by atoms with E-state index in [-0.39, 0.29) is 17.9 Å². The predicted molar refractivity (Wildman–Crippen MR) is 179 cm³/mol. The molecule has 4 rings (SSSR count). The number of hydrogen-bond acceptors (Lipinski definition) is 10. The van der Waals surface area contributed by atoms with Gasteiger partial charge >= 0.3 is 0 Å². The first kappa shape index (κ1) is 34.9. The zero-order valence-electron chi connectivity index (χ0n) is 25.7. The standard InChI is InChI=1S/C30H37N3O8S4/c1-6-32(7-2)21-10-13-24-27(18-21)41-28-19-22(33(8-3)9-4)11-14-25(28)30(24)26-15-12-23(20-29(26)45(38,39)40)44(36,37)31-16-17-42-43(5,34)35/h10-15,18-20,31H,6-9,16-17H2,1-5H3. The van der Waals surface area contributed by atoms with Gasteiger partial charge in [-0.2, -0.15) is 0 Å². The van der Waals surface area contributed by atoms with Gasteiger partial charge in [0.25, 0.3) is 0 Å². The molecule has 0 amide bonds. The topological polar surface area (TPSA) is 157 Å². The third-order valence-electron chi connectivity index (χ3n) is 7.44. The fraction of sp³-hybridized carbons (Fsp3) is 0.367. The lowest BCUT2D eigenvalue weighted by atomic mass is 9.93. The van der Waals surface area contributed by atoms with Gasteiger partial charge in [-0.3, -0.25) is 0 Å². The second kappa shape index (κ2) is 13.8. The highest BCUT2D eigenvalue weighted by Gasteiger charge is 2.25. The van der Waals surface area contributed by atoms with Crippen LogP contribution < -0.4 is 19.6 Å². The van der Waals surface area contributed by atoms with Crippen molar-refractivity contribution in [2.24, 2.45) is 0 Å². The predicted octanol–water partition coefficient (Wildman–Crippen LogP) is 3.74. The fourth-order valence-electron chi connectivity index (χ4n) is 5.26. The summed E-state index contributed by atoms with van der Waals surface area (Å²) in [6.07, 6.45) is 1.01. The van der Waals surface area contributed by atoms with E-state index >= 15 is 0 Å². The van der Waals surface area contributed by atoms with E-state index in [1.807, 2.05) is 64.1 Å². The van der Waals surface area contributed by atoms with E-state index in [4.69, 9.17) is 4.42 Å². The Labute approximate surface area is 268 Å². The van der Waals surface area contributed by atoms with Gasteiger partial charge in [-0.1, -0.05) is 6.07 Å². The largest absolute Gasteiger partial charge is 0.744 e. The summed E-state index contributed by atoms with van der Waals surface area (Å²) in [5.41, 5.74) is 2.37. The Morgan fingerprint density at radius 2 is 1.53 bits per heavy atom. The highest BCUT2D eigenvalue weighted by atomic mass is 33.1. The van der Waals surface area contributed by atoms with E-state index < -0.39 is 38.8 Å². The zero-order valence-corrected chi connectivity index (χ0v) is 29.0. The van der Waals surface area contributed by atoms with Crippen LogP contribution in [0.5, 0.6) is 0 Å². The second-order valence-electron chi connectivity index (χ2n) is 10.2. The van der Waals surface area contributed by atoms with E-state index in [9.17, 15) is 29.8 Å². The van der Waals surface area contributed by atoms with Gasteiger partial charge in [0, 0.05) is 71.5 Å². The SMILES string of the molecule is CCN(CC)c1ccc2c(-c3ccc(S(=O)(=O)NCCSS(C)(=O)=O)cc3S(=O)(=O)[O-])c3ccc(=[N+](CC)CC)cc-3oc2c1. The number of rotatable bonds is 13. The molecular weight excluding hydrogens is 659 g/mol. The molecule has 0 saturated carbocycles. The lowest BCUT2D eigenvalue weighted by Gasteiger charge is -2.23. The fourth-order valence-corrected chi connectivity index (χ4v) is 8.88. The second-order valence-corrected chi connectivity index (χ2v) is 17.9. The van der Waals surface area contributed by atoms with Crippen LogP contribution in [0.1, 0.15) is 27.7 Å². The molecule has 0 aromatic heterocycles. The molecule has 1 N–H and O–H groups in total. The molecule has 2 aliphatic rings. The van der Waals surface area contributed by atoms with Crippen LogP contribution in [0.15, 0.2) is 68.8 Å². The Morgan fingerprint density at radius 3 is 2.13 bits per heavy atom. The summed E-state index contributed by atoms with van der Waals surface area (Å²) >= 11 is 0. The van der Waals surface area contributed by atoms with E-state index in [0.717, 1.165) is 49.5 Å². The van der Waals surface area contributed by atoms with Crippen LogP contribution in [-0.2, 0) is 29.0 Å². The van der Waals surface area contributed by atoms with Gasteiger partial charge in [0.2, 0.25) is 15.4 Å². The van der Waals surface area contributed by atoms with Crippen molar-refractivity contribution in [2.75, 3.05) is 49.6 Å². The summed E-state index contributed by atoms with van der Waals surface area (Å²) in [7, 11) is -12.3. The molecule has 0 bridgehead atoms. The highest BCUT2D eigenvalue weighted by Crippen LogP contribution is 2.43. The monoisotopic (exact) mass is 695 g/mol. The van der Waals surface area contributed by atoms with Gasteiger partial charge < -0.3 is 13.9 Å². The molecule has 1 aliphatic carbocycles. The molecule has 1 heterocycles.